The number of benzene rings is 1. The second-order valence-electron chi connectivity index (χ2n) is 6.23. The molecule has 118 valence electrons. The molecule has 0 saturated carbocycles. The zero-order valence-corrected chi connectivity index (χ0v) is 15.9. The lowest BCUT2D eigenvalue weighted by molar-refractivity contribution is 0.0701. The summed E-state index contributed by atoms with van der Waals surface area (Å²) in [4.78, 5) is 15.8. The number of halogens is 1. The molecule has 0 atom stereocenters. The van der Waals surface area contributed by atoms with Gasteiger partial charge in [-0.15, -0.1) is 11.3 Å². The highest BCUT2D eigenvalue weighted by Crippen LogP contribution is 2.32. The Morgan fingerprint density at radius 1 is 1.41 bits per heavy atom. The predicted octanol–water partition coefficient (Wildman–Crippen LogP) is 4.85. The fourth-order valence-electron chi connectivity index (χ4n) is 1.76. The Bertz CT molecular complexity index is 704. The predicted molar refractivity (Wildman–Crippen MR) is 96.9 cm³/mol. The number of rotatable bonds is 4. The van der Waals surface area contributed by atoms with Gasteiger partial charge < -0.3 is 9.84 Å². The molecule has 0 aliphatic rings. The van der Waals surface area contributed by atoms with Crippen molar-refractivity contribution in [2.75, 3.05) is 6.61 Å². The van der Waals surface area contributed by atoms with Crippen LogP contribution in [0.5, 0.6) is 5.75 Å². The van der Waals surface area contributed by atoms with Gasteiger partial charge in [0.1, 0.15) is 15.6 Å². The molecule has 1 aromatic heterocycles. The molecule has 1 aromatic carbocycles. The zero-order chi connectivity index (χ0) is 16.5. The molecule has 0 aliphatic heterocycles. The second-order valence-corrected chi connectivity index (χ2v) is 8.39. The van der Waals surface area contributed by atoms with E-state index in [-0.39, 0.29) is 10.3 Å². The normalized spacial score (nSPS) is 11.5. The highest BCUT2D eigenvalue weighted by molar-refractivity contribution is 14.1. The first kappa shape index (κ1) is 17.2. The number of carbonyl (C=O) groups is 1. The number of hydrogen-bond acceptors (Lipinski definition) is 4. The van der Waals surface area contributed by atoms with Gasteiger partial charge in [-0.2, -0.15) is 0 Å². The topological polar surface area (TPSA) is 59.4 Å². The molecule has 0 spiro atoms. The van der Waals surface area contributed by atoms with E-state index in [1.54, 1.807) is 6.92 Å². The lowest BCUT2D eigenvalue weighted by atomic mass is 9.99. The van der Waals surface area contributed by atoms with Crippen LogP contribution in [0.1, 0.15) is 36.1 Å². The lowest BCUT2D eigenvalue weighted by Crippen LogP contribution is -2.17. The van der Waals surface area contributed by atoms with Crippen LogP contribution in [0.2, 0.25) is 0 Å². The van der Waals surface area contributed by atoms with Gasteiger partial charge in [0.05, 0.1) is 15.9 Å². The maximum atomic E-state index is 11.1. The van der Waals surface area contributed by atoms with Crippen molar-refractivity contribution >= 4 is 39.9 Å². The SMILES string of the molecule is Cc1nc(-c2ccc(OCC(C)(C)C)c(I)c2)sc1C(=O)O. The molecule has 0 aliphatic carbocycles. The van der Waals surface area contributed by atoms with Crippen LogP contribution in [0.15, 0.2) is 18.2 Å². The van der Waals surface area contributed by atoms with Crippen molar-refractivity contribution in [3.05, 3.63) is 32.3 Å². The van der Waals surface area contributed by atoms with Crippen LogP contribution in [0.4, 0.5) is 0 Å². The first-order valence-electron chi connectivity index (χ1n) is 6.81. The molecule has 0 unspecified atom stereocenters. The number of ether oxygens (including phenoxy) is 1. The molecule has 2 aromatic rings. The summed E-state index contributed by atoms with van der Waals surface area (Å²) in [6, 6.07) is 5.81. The number of carboxylic acid groups (broad SMARTS) is 1. The van der Waals surface area contributed by atoms with E-state index >= 15 is 0 Å². The van der Waals surface area contributed by atoms with Crippen LogP contribution in [0, 0.1) is 15.9 Å². The number of aryl methyl sites for hydroxylation is 1. The summed E-state index contributed by atoms with van der Waals surface area (Å²) in [6.07, 6.45) is 0. The van der Waals surface area contributed by atoms with Gasteiger partial charge in [0.25, 0.3) is 0 Å². The highest BCUT2D eigenvalue weighted by atomic mass is 127. The van der Waals surface area contributed by atoms with Crippen molar-refractivity contribution < 1.29 is 14.6 Å². The highest BCUT2D eigenvalue weighted by Gasteiger charge is 2.16. The van der Waals surface area contributed by atoms with Crippen molar-refractivity contribution in [3.8, 4) is 16.3 Å². The van der Waals surface area contributed by atoms with Gasteiger partial charge in [0, 0.05) is 5.56 Å². The maximum absolute atomic E-state index is 11.1. The van der Waals surface area contributed by atoms with E-state index in [0.29, 0.717) is 12.3 Å². The molecule has 0 saturated heterocycles. The third-order valence-corrected chi connectivity index (χ3v) is 4.87. The first-order valence-corrected chi connectivity index (χ1v) is 8.70. The van der Waals surface area contributed by atoms with E-state index in [1.165, 1.54) is 11.3 Å². The average Bonchev–Trinajstić information content (AvgIpc) is 2.78. The Morgan fingerprint density at radius 2 is 2.09 bits per heavy atom. The van der Waals surface area contributed by atoms with Gasteiger partial charge in [-0.25, -0.2) is 9.78 Å². The Kier molecular flexibility index (Phi) is 5.11. The lowest BCUT2D eigenvalue weighted by Gasteiger charge is -2.19. The largest absolute Gasteiger partial charge is 0.492 e. The van der Waals surface area contributed by atoms with Gasteiger partial charge in [-0.05, 0) is 53.1 Å². The minimum absolute atomic E-state index is 0.102. The fraction of sp³-hybridized carbons (Fsp3) is 0.375. The smallest absolute Gasteiger partial charge is 0.347 e. The molecule has 22 heavy (non-hydrogen) atoms. The quantitative estimate of drug-likeness (QED) is 0.704. The first-order chi connectivity index (χ1) is 10.2. The molecule has 0 fully saturated rings. The van der Waals surface area contributed by atoms with Gasteiger partial charge in [-0.3, -0.25) is 0 Å². The van der Waals surface area contributed by atoms with E-state index in [4.69, 9.17) is 9.84 Å². The van der Waals surface area contributed by atoms with Crippen molar-refractivity contribution in [1.29, 1.82) is 0 Å². The number of aromatic nitrogens is 1. The van der Waals surface area contributed by atoms with Crippen LogP contribution >= 0.6 is 33.9 Å². The van der Waals surface area contributed by atoms with E-state index < -0.39 is 5.97 Å². The van der Waals surface area contributed by atoms with E-state index in [1.807, 2.05) is 18.2 Å². The monoisotopic (exact) mass is 431 g/mol. The van der Waals surface area contributed by atoms with Gasteiger partial charge in [0.2, 0.25) is 0 Å². The fourth-order valence-corrected chi connectivity index (χ4v) is 3.34. The average molecular weight is 431 g/mol. The molecule has 1 heterocycles. The minimum atomic E-state index is -0.930. The Labute approximate surface area is 147 Å². The van der Waals surface area contributed by atoms with E-state index in [0.717, 1.165) is 19.9 Å². The molecular weight excluding hydrogens is 413 g/mol. The summed E-state index contributed by atoms with van der Waals surface area (Å²) >= 11 is 3.43. The summed E-state index contributed by atoms with van der Waals surface area (Å²) in [7, 11) is 0. The van der Waals surface area contributed by atoms with Crippen LogP contribution in [0.25, 0.3) is 10.6 Å². The Hall–Kier alpha value is -1.15. The molecule has 0 bridgehead atoms. The number of carboxylic acids is 1. The Morgan fingerprint density at radius 3 is 2.59 bits per heavy atom. The van der Waals surface area contributed by atoms with Gasteiger partial charge in [0.15, 0.2) is 0 Å². The van der Waals surface area contributed by atoms with Crippen molar-refractivity contribution in [3.63, 3.8) is 0 Å². The molecule has 6 heteroatoms. The number of thiazole rings is 1. The number of hydrogen-bond donors (Lipinski definition) is 1. The number of nitrogens with zero attached hydrogens (tertiary/aromatic N) is 1. The van der Waals surface area contributed by atoms with Crippen LogP contribution in [-0.4, -0.2) is 22.7 Å². The molecule has 2 rings (SSSR count). The molecular formula is C16H18INO3S. The van der Waals surface area contributed by atoms with Gasteiger partial charge in [-0.1, -0.05) is 20.8 Å². The van der Waals surface area contributed by atoms with Crippen molar-refractivity contribution in [2.24, 2.45) is 5.41 Å². The van der Waals surface area contributed by atoms with Crippen LogP contribution in [0.3, 0.4) is 0 Å². The van der Waals surface area contributed by atoms with E-state index in [9.17, 15) is 4.79 Å². The maximum Gasteiger partial charge on any atom is 0.347 e. The minimum Gasteiger partial charge on any atom is -0.492 e. The number of aromatic carboxylic acids is 1. The molecule has 4 nitrogen and oxygen atoms in total. The zero-order valence-electron chi connectivity index (χ0n) is 12.9. The summed E-state index contributed by atoms with van der Waals surface area (Å²) in [5, 5.41) is 9.84. The summed E-state index contributed by atoms with van der Waals surface area (Å²) in [5.74, 6) is -0.0907. The van der Waals surface area contributed by atoms with Crippen molar-refractivity contribution in [1.82, 2.24) is 4.98 Å². The molecule has 0 radical (unpaired) electrons. The summed E-state index contributed by atoms with van der Waals surface area (Å²) in [6.45, 7) is 8.73. The second kappa shape index (κ2) is 6.54. The standard InChI is InChI=1S/C16H18INO3S/c1-9-13(15(19)20)22-14(18-9)10-5-6-12(11(17)7-10)21-8-16(2,3)4/h5-7H,8H2,1-4H3,(H,19,20). The third kappa shape index (κ3) is 4.19. The van der Waals surface area contributed by atoms with Crippen LogP contribution in [-0.2, 0) is 0 Å². The summed E-state index contributed by atoms with van der Waals surface area (Å²) < 4.78 is 6.83. The summed E-state index contributed by atoms with van der Waals surface area (Å²) in [5.41, 5.74) is 1.56. The third-order valence-electron chi connectivity index (χ3n) is 2.83. The van der Waals surface area contributed by atoms with Crippen molar-refractivity contribution in [2.45, 2.75) is 27.7 Å². The van der Waals surface area contributed by atoms with Crippen LogP contribution < -0.4 is 4.74 Å². The molecule has 1 N–H and O–H groups in total. The Balaban J connectivity index is 2.26. The van der Waals surface area contributed by atoms with E-state index in [2.05, 4.69) is 48.3 Å². The van der Waals surface area contributed by atoms with Gasteiger partial charge >= 0.3 is 5.97 Å². The molecule has 0 amide bonds.